The predicted molar refractivity (Wildman–Crippen MR) is 97.6 cm³/mol. The number of hydrogen-bond donors (Lipinski definition) is 0. The molecule has 1 saturated heterocycles. The summed E-state index contributed by atoms with van der Waals surface area (Å²) in [4.78, 5) is 23.5. The van der Waals surface area contributed by atoms with E-state index in [0.29, 0.717) is 6.54 Å². The number of fused-ring (bicyclic) bond motifs is 1. The molecule has 1 aliphatic heterocycles. The Hall–Kier alpha value is -2.89. The highest BCUT2D eigenvalue weighted by atomic mass is 16.6. The molecule has 1 aromatic carbocycles. The Bertz CT molecular complexity index is 907. The molecule has 0 saturated carbocycles. The van der Waals surface area contributed by atoms with Crippen molar-refractivity contribution in [1.29, 1.82) is 0 Å². The summed E-state index contributed by atoms with van der Waals surface area (Å²) in [6.45, 7) is 2.94. The third-order valence-electron chi connectivity index (χ3n) is 4.92. The van der Waals surface area contributed by atoms with Gasteiger partial charge in [0.25, 0.3) is 0 Å². The van der Waals surface area contributed by atoms with Gasteiger partial charge in [0, 0.05) is 18.9 Å². The summed E-state index contributed by atoms with van der Waals surface area (Å²) in [7, 11) is 0. The number of amides is 1. The van der Waals surface area contributed by atoms with Crippen LogP contribution in [0.5, 0.6) is 0 Å². The van der Waals surface area contributed by atoms with E-state index in [9.17, 15) is 4.79 Å². The van der Waals surface area contributed by atoms with Crippen LogP contribution in [-0.4, -0.2) is 31.9 Å². The number of ether oxygens (including phenoxy) is 1. The second kappa shape index (κ2) is 7.15. The van der Waals surface area contributed by atoms with Crippen LogP contribution in [0.25, 0.3) is 5.52 Å². The first kappa shape index (κ1) is 16.6. The second-order valence-corrected chi connectivity index (χ2v) is 6.63. The molecule has 0 radical (unpaired) electrons. The molecule has 26 heavy (non-hydrogen) atoms. The topological polar surface area (TPSA) is 59.7 Å². The molecule has 6 nitrogen and oxygen atoms in total. The number of aryl methyl sites for hydroxylation is 1. The van der Waals surface area contributed by atoms with Crippen LogP contribution in [0, 0.1) is 6.92 Å². The molecule has 0 N–H and O–H groups in total. The highest BCUT2D eigenvalue weighted by molar-refractivity contribution is 5.68. The Morgan fingerprint density at radius 2 is 2.08 bits per heavy atom. The number of carbonyl (C=O) groups is 1. The first-order valence-electron chi connectivity index (χ1n) is 9.00. The Morgan fingerprint density at radius 3 is 2.92 bits per heavy atom. The molecule has 0 unspecified atom stereocenters. The maximum Gasteiger partial charge on any atom is 0.410 e. The van der Waals surface area contributed by atoms with E-state index >= 15 is 0 Å². The van der Waals surface area contributed by atoms with E-state index in [1.165, 1.54) is 0 Å². The van der Waals surface area contributed by atoms with Crippen molar-refractivity contribution in [1.82, 2.24) is 19.3 Å². The fourth-order valence-corrected chi connectivity index (χ4v) is 3.54. The quantitative estimate of drug-likeness (QED) is 0.719. The van der Waals surface area contributed by atoms with Gasteiger partial charge in [-0.25, -0.2) is 9.78 Å². The standard InChI is InChI=1S/C20H22N4O2/c1-15-18-13-22-19(23(18)12-10-21-15)17-9-5-6-11-24(17)20(25)26-14-16-7-3-2-4-8-16/h2-4,7-8,10,12-13,17H,5-6,9,11,14H2,1H3/t17-/m0/s1. The molecule has 4 rings (SSSR count). The summed E-state index contributed by atoms with van der Waals surface area (Å²) in [5.74, 6) is 0.877. The van der Waals surface area contributed by atoms with Crippen LogP contribution < -0.4 is 0 Å². The minimum absolute atomic E-state index is 0.0728. The van der Waals surface area contributed by atoms with Crippen molar-refractivity contribution in [3.05, 3.63) is 66.0 Å². The molecule has 0 aliphatic carbocycles. The van der Waals surface area contributed by atoms with Crippen LogP contribution in [0.4, 0.5) is 4.79 Å². The lowest BCUT2D eigenvalue weighted by Gasteiger charge is -2.34. The SMILES string of the molecule is Cc1nccn2c([C@@H]3CCCCN3C(=O)OCc3ccccc3)ncc12. The van der Waals surface area contributed by atoms with Gasteiger partial charge in [0.2, 0.25) is 0 Å². The minimum atomic E-state index is -0.277. The third kappa shape index (κ3) is 3.14. The van der Waals surface area contributed by atoms with Crippen molar-refractivity contribution in [3.8, 4) is 0 Å². The normalized spacial score (nSPS) is 17.4. The number of rotatable bonds is 3. The zero-order chi connectivity index (χ0) is 17.9. The molecule has 1 fully saturated rings. The van der Waals surface area contributed by atoms with Crippen LogP contribution in [0.3, 0.4) is 0 Å². The highest BCUT2D eigenvalue weighted by Gasteiger charge is 2.32. The number of imidazole rings is 1. The summed E-state index contributed by atoms with van der Waals surface area (Å²) in [5, 5.41) is 0. The number of carbonyl (C=O) groups excluding carboxylic acids is 1. The smallest absolute Gasteiger partial charge is 0.410 e. The predicted octanol–water partition coefficient (Wildman–Crippen LogP) is 3.90. The van der Waals surface area contributed by atoms with Gasteiger partial charge in [-0.15, -0.1) is 0 Å². The van der Waals surface area contributed by atoms with Gasteiger partial charge in [-0.05, 0) is 31.7 Å². The first-order chi connectivity index (χ1) is 12.7. The molecule has 6 heteroatoms. The number of aromatic nitrogens is 3. The Morgan fingerprint density at radius 1 is 1.23 bits per heavy atom. The second-order valence-electron chi connectivity index (χ2n) is 6.63. The maximum atomic E-state index is 12.7. The lowest BCUT2D eigenvalue weighted by Crippen LogP contribution is -2.39. The Balaban J connectivity index is 1.56. The van der Waals surface area contributed by atoms with Gasteiger partial charge in [0.05, 0.1) is 23.4 Å². The largest absolute Gasteiger partial charge is 0.445 e. The summed E-state index contributed by atoms with van der Waals surface area (Å²) >= 11 is 0. The number of benzene rings is 1. The van der Waals surface area contributed by atoms with Crippen molar-refractivity contribution in [3.63, 3.8) is 0 Å². The van der Waals surface area contributed by atoms with Crippen molar-refractivity contribution in [2.24, 2.45) is 0 Å². The van der Waals surface area contributed by atoms with Gasteiger partial charge in [-0.1, -0.05) is 30.3 Å². The molecule has 0 spiro atoms. The van der Waals surface area contributed by atoms with E-state index in [1.54, 1.807) is 6.20 Å². The van der Waals surface area contributed by atoms with Crippen molar-refractivity contribution >= 4 is 11.6 Å². The van der Waals surface area contributed by atoms with E-state index in [2.05, 4.69) is 9.97 Å². The molecular weight excluding hydrogens is 328 g/mol. The monoisotopic (exact) mass is 350 g/mol. The van der Waals surface area contributed by atoms with Crippen LogP contribution in [0.15, 0.2) is 48.9 Å². The summed E-state index contributed by atoms with van der Waals surface area (Å²) in [5.41, 5.74) is 2.90. The molecule has 1 amide bonds. The van der Waals surface area contributed by atoms with Gasteiger partial charge in [-0.2, -0.15) is 0 Å². The first-order valence-corrected chi connectivity index (χ1v) is 9.00. The summed E-state index contributed by atoms with van der Waals surface area (Å²) < 4.78 is 7.61. The van der Waals surface area contributed by atoms with Crippen molar-refractivity contribution in [2.45, 2.75) is 38.8 Å². The fraction of sp³-hybridized carbons (Fsp3) is 0.350. The average Bonchev–Trinajstić information content (AvgIpc) is 3.12. The maximum absolute atomic E-state index is 12.7. The zero-order valence-electron chi connectivity index (χ0n) is 14.8. The summed E-state index contributed by atoms with van der Waals surface area (Å²) in [6.07, 6.45) is 8.19. The number of hydrogen-bond acceptors (Lipinski definition) is 4. The van der Waals surface area contributed by atoms with E-state index < -0.39 is 0 Å². The Labute approximate surface area is 152 Å². The van der Waals surface area contributed by atoms with Crippen molar-refractivity contribution in [2.75, 3.05) is 6.54 Å². The van der Waals surface area contributed by atoms with E-state index in [1.807, 2.05) is 58.9 Å². The lowest BCUT2D eigenvalue weighted by atomic mass is 10.0. The highest BCUT2D eigenvalue weighted by Crippen LogP contribution is 2.31. The molecule has 2 aromatic heterocycles. The lowest BCUT2D eigenvalue weighted by molar-refractivity contribution is 0.0657. The van der Waals surface area contributed by atoms with Crippen LogP contribution in [0.1, 0.15) is 42.4 Å². The molecule has 3 heterocycles. The summed E-state index contributed by atoms with van der Waals surface area (Å²) in [6, 6.07) is 9.68. The van der Waals surface area contributed by atoms with Crippen molar-refractivity contribution < 1.29 is 9.53 Å². The van der Waals surface area contributed by atoms with Crippen LogP contribution in [0.2, 0.25) is 0 Å². The number of nitrogens with zero attached hydrogens (tertiary/aromatic N) is 4. The molecule has 0 bridgehead atoms. The fourth-order valence-electron chi connectivity index (χ4n) is 3.54. The molecule has 134 valence electrons. The van der Waals surface area contributed by atoms with E-state index in [4.69, 9.17) is 4.74 Å². The molecular formula is C20H22N4O2. The molecule has 1 aliphatic rings. The molecule has 1 atom stereocenters. The average molecular weight is 350 g/mol. The third-order valence-corrected chi connectivity index (χ3v) is 4.92. The van der Waals surface area contributed by atoms with Gasteiger partial charge in [0.1, 0.15) is 12.4 Å². The van der Waals surface area contributed by atoms with E-state index in [0.717, 1.165) is 41.9 Å². The number of likely N-dealkylation sites (tertiary alicyclic amines) is 1. The van der Waals surface area contributed by atoms with Gasteiger partial charge in [-0.3, -0.25) is 14.3 Å². The van der Waals surface area contributed by atoms with E-state index in [-0.39, 0.29) is 18.7 Å². The van der Waals surface area contributed by atoms with Crippen LogP contribution >= 0.6 is 0 Å². The Kier molecular flexibility index (Phi) is 4.56. The molecule has 3 aromatic rings. The minimum Gasteiger partial charge on any atom is -0.445 e. The zero-order valence-corrected chi connectivity index (χ0v) is 14.8. The van der Waals surface area contributed by atoms with Gasteiger partial charge in [0.15, 0.2) is 0 Å². The van der Waals surface area contributed by atoms with Gasteiger partial charge < -0.3 is 4.74 Å². The number of piperidine rings is 1. The van der Waals surface area contributed by atoms with Gasteiger partial charge >= 0.3 is 6.09 Å². The van der Waals surface area contributed by atoms with Crippen LogP contribution in [-0.2, 0) is 11.3 Å².